The van der Waals surface area contributed by atoms with E-state index < -0.39 is 0 Å². The Labute approximate surface area is 159 Å². The van der Waals surface area contributed by atoms with Crippen LogP contribution >= 0.6 is 35.3 Å². The average Bonchev–Trinajstić information content (AvgIpc) is 3.09. The molecule has 0 fully saturated rings. The molecule has 0 aliphatic rings. The predicted molar refractivity (Wildman–Crippen MR) is 109 cm³/mol. The number of thiophene rings is 1. The van der Waals surface area contributed by atoms with E-state index in [1.807, 2.05) is 24.3 Å². The summed E-state index contributed by atoms with van der Waals surface area (Å²) in [6.07, 6.45) is 0. The summed E-state index contributed by atoms with van der Waals surface area (Å²) in [5.74, 6) is 2.15. The van der Waals surface area contributed by atoms with Gasteiger partial charge in [0, 0.05) is 36.5 Å². The molecule has 0 saturated heterocycles. The summed E-state index contributed by atoms with van der Waals surface area (Å²) in [6, 6.07) is 12.2. The third kappa shape index (κ3) is 6.02. The Balaban J connectivity index is 0.00000264. The van der Waals surface area contributed by atoms with E-state index in [9.17, 15) is 0 Å². The van der Waals surface area contributed by atoms with Gasteiger partial charge in [-0.05, 0) is 17.5 Å². The lowest BCUT2D eigenvalue weighted by atomic mass is 10.1. The molecule has 1 aromatic heterocycles. The van der Waals surface area contributed by atoms with E-state index in [2.05, 4.69) is 40.1 Å². The molecule has 6 heteroatoms. The molecule has 2 N–H and O–H groups in total. The second-order valence-corrected chi connectivity index (χ2v) is 6.01. The van der Waals surface area contributed by atoms with Crippen molar-refractivity contribution in [2.45, 2.75) is 19.4 Å². The number of nitrogens with one attached hydrogen (secondary N) is 2. The standard InChI is InChI=1S/C17H23N3OS.HI/c1-13(16-9-6-10-22-16)11-19-17(18-2)20-12-14-7-4-5-8-15(14)21-3;/h4-10,13H,11-12H2,1-3H3,(H2,18,19,20);1H. The molecule has 0 saturated carbocycles. The smallest absolute Gasteiger partial charge is 0.191 e. The number of benzene rings is 1. The van der Waals surface area contributed by atoms with Crippen LogP contribution in [0.4, 0.5) is 0 Å². The zero-order valence-electron chi connectivity index (χ0n) is 13.7. The molecule has 1 aromatic carbocycles. The fraction of sp³-hybridized carbons (Fsp3) is 0.353. The van der Waals surface area contributed by atoms with E-state index in [0.717, 1.165) is 23.8 Å². The Hall–Kier alpha value is -1.28. The summed E-state index contributed by atoms with van der Waals surface area (Å²) in [5, 5.41) is 8.80. The number of methoxy groups -OCH3 is 1. The van der Waals surface area contributed by atoms with E-state index in [4.69, 9.17) is 4.74 Å². The monoisotopic (exact) mass is 445 g/mol. The van der Waals surface area contributed by atoms with Gasteiger partial charge in [0.15, 0.2) is 5.96 Å². The van der Waals surface area contributed by atoms with Crippen LogP contribution in [0.3, 0.4) is 0 Å². The first-order chi connectivity index (χ1) is 10.7. The highest BCUT2D eigenvalue weighted by Crippen LogP contribution is 2.19. The maximum absolute atomic E-state index is 5.36. The molecule has 2 rings (SSSR count). The molecule has 1 unspecified atom stereocenters. The van der Waals surface area contributed by atoms with Crippen LogP contribution in [0, 0.1) is 0 Å². The summed E-state index contributed by atoms with van der Waals surface area (Å²) in [7, 11) is 3.47. The topological polar surface area (TPSA) is 45.7 Å². The quantitative estimate of drug-likeness (QED) is 0.404. The molecule has 126 valence electrons. The summed E-state index contributed by atoms with van der Waals surface area (Å²) in [4.78, 5) is 5.65. The third-order valence-electron chi connectivity index (χ3n) is 3.47. The van der Waals surface area contributed by atoms with Crippen molar-refractivity contribution in [3.05, 3.63) is 52.2 Å². The third-order valence-corrected chi connectivity index (χ3v) is 4.57. The molecular formula is C17H24IN3OS. The number of para-hydroxylation sites is 1. The van der Waals surface area contributed by atoms with Gasteiger partial charge in [-0.1, -0.05) is 31.2 Å². The Kier molecular flexibility index (Phi) is 9.01. The highest BCUT2D eigenvalue weighted by atomic mass is 127. The van der Waals surface area contributed by atoms with Crippen LogP contribution in [0.1, 0.15) is 23.3 Å². The van der Waals surface area contributed by atoms with E-state index in [1.165, 1.54) is 4.88 Å². The normalized spacial score (nSPS) is 12.2. The lowest BCUT2D eigenvalue weighted by molar-refractivity contribution is 0.409. The minimum atomic E-state index is 0. The van der Waals surface area contributed by atoms with Crippen LogP contribution in [0.25, 0.3) is 0 Å². The number of ether oxygens (including phenoxy) is 1. The SMILES string of the molecule is CN=C(NCc1ccccc1OC)NCC(C)c1cccs1.I. The summed E-state index contributed by atoms with van der Waals surface area (Å²) in [5.41, 5.74) is 1.11. The molecule has 23 heavy (non-hydrogen) atoms. The highest BCUT2D eigenvalue weighted by molar-refractivity contribution is 14.0. The van der Waals surface area contributed by atoms with Crippen LogP contribution < -0.4 is 15.4 Å². The van der Waals surface area contributed by atoms with Crippen molar-refractivity contribution in [1.29, 1.82) is 0 Å². The largest absolute Gasteiger partial charge is 0.496 e. The van der Waals surface area contributed by atoms with Crippen molar-refractivity contribution < 1.29 is 4.74 Å². The summed E-state index contributed by atoms with van der Waals surface area (Å²) >= 11 is 1.79. The first-order valence-corrected chi connectivity index (χ1v) is 8.22. The van der Waals surface area contributed by atoms with Crippen molar-refractivity contribution in [1.82, 2.24) is 10.6 Å². The van der Waals surface area contributed by atoms with E-state index in [-0.39, 0.29) is 24.0 Å². The molecule has 1 atom stereocenters. The first kappa shape index (κ1) is 19.8. The highest BCUT2D eigenvalue weighted by Gasteiger charge is 2.08. The number of aliphatic imine (C=N–C) groups is 1. The van der Waals surface area contributed by atoms with Gasteiger partial charge >= 0.3 is 0 Å². The summed E-state index contributed by atoms with van der Waals surface area (Å²) < 4.78 is 5.36. The minimum absolute atomic E-state index is 0. The molecule has 0 radical (unpaired) electrons. The number of halogens is 1. The summed E-state index contributed by atoms with van der Waals surface area (Å²) in [6.45, 7) is 3.75. The second-order valence-electron chi connectivity index (χ2n) is 5.03. The van der Waals surface area contributed by atoms with Crippen LogP contribution in [-0.2, 0) is 6.54 Å². The molecule has 0 amide bonds. The molecule has 0 aliphatic carbocycles. The van der Waals surface area contributed by atoms with Gasteiger partial charge in [-0.25, -0.2) is 0 Å². The lowest BCUT2D eigenvalue weighted by Crippen LogP contribution is -2.38. The molecule has 4 nitrogen and oxygen atoms in total. The molecule has 2 aromatic rings. The van der Waals surface area contributed by atoms with Crippen molar-refractivity contribution in [3.63, 3.8) is 0 Å². The number of hydrogen-bond donors (Lipinski definition) is 2. The molecule has 0 bridgehead atoms. The molecule has 0 aliphatic heterocycles. The van der Waals surface area contributed by atoms with Crippen molar-refractivity contribution >= 4 is 41.3 Å². The Bertz CT molecular complexity index is 602. The fourth-order valence-electron chi connectivity index (χ4n) is 2.17. The Morgan fingerprint density at radius 3 is 2.65 bits per heavy atom. The van der Waals surface area contributed by atoms with Crippen LogP contribution in [0.2, 0.25) is 0 Å². The van der Waals surface area contributed by atoms with Gasteiger partial charge in [0.25, 0.3) is 0 Å². The number of nitrogens with zero attached hydrogens (tertiary/aromatic N) is 1. The number of hydrogen-bond acceptors (Lipinski definition) is 3. The lowest BCUT2D eigenvalue weighted by Gasteiger charge is -2.16. The van der Waals surface area contributed by atoms with Crippen molar-refractivity contribution in [3.8, 4) is 5.75 Å². The van der Waals surface area contributed by atoms with E-state index >= 15 is 0 Å². The first-order valence-electron chi connectivity index (χ1n) is 7.34. The van der Waals surface area contributed by atoms with Gasteiger partial charge in [0.1, 0.15) is 5.75 Å². The second kappa shape index (κ2) is 10.5. The van der Waals surface area contributed by atoms with Gasteiger partial charge in [0.2, 0.25) is 0 Å². The Morgan fingerprint density at radius 2 is 2.00 bits per heavy atom. The number of guanidine groups is 1. The Morgan fingerprint density at radius 1 is 1.22 bits per heavy atom. The van der Waals surface area contributed by atoms with Gasteiger partial charge in [-0.3, -0.25) is 4.99 Å². The van der Waals surface area contributed by atoms with Crippen molar-refractivity contribution in [2.24, 2.45) is 4.99 Å². The predicted octanol–water partition coefficient (Wildman–Crippen LogP) is 3.84. The van der Waals surface area contributed by atoms with E-state index in [1.54, 1.807) is 25.5 Å². The maximum Gasteiger partial charge on any atom is 0.191 e. The van der Waals surface area contributed by atoms with Crippen LogP contribution in [-0.4, -0.2) is 26.7 Å². The molecule has 1 heterocycles. The van der Waals surface area contributed by atoms with Gasteiger partial charge < -0.3 is 15.4 Å². The zero-order valence-corrected chi connectivity index (χ0v) is 16.9. The zero-order chi connectivity index (χ0) is 15.8. The van der Waals surface area contributed by atoms with Crippen LogP contribution in [0.5, 0.6) is 5.75 Å². The molecule has 0 spiro atoms. The fourth-order valence-corrected chi connectivity index (χ4v) is 2.96. The van der Waals surface area contributed by atoms with Gasteiger partial charge in [0.05, 0.1) is 7.11 Å². The molecular weight excluding hydrogens is 421 g/mol. The number of rotatable bonds is 6. The van der Waals surface area contributed by atoms with Gasteiger partial charge in [-0.2, -0.15) is 0 Å². The van der Waals surface area contributed by atoms with Crippen molar-refractivity contribution in [2.75, 3.05) is 20.7 Å². The minimum Gasteiger partial charge on any atom is -0.496 e. The van der Waals surface area contributed by atoms with Crippen LogP contribution in [0.15, 0.2) is 46.8 Å². The van der Waals surface area contributed by atoms with E-state index in [0.29, 0.717) is 12.5 Å². The maximum atomic E-state index is 5.36. The van der Waals surface area contributed by atoms with Gasteiger partial charge in [-0.15, -0.1) is 35.3 Å². The average molecular weight is 445 g/mol.